The van der Waals surface area contributed by atoms with Gasteiger partial charge in [0, 0.05) is 32.0 Å². The number of cyclic esters (lactones) is 1. The van der Waals surface area contributed by atoms with Gasteiger partial charge in [0.25, 0.3) is 0 Å². The van der Waals surface area contributed by atoms with Gasteiger partial charge in [-0.25, -0.2) is 0 Å². The Hall–Kier alpha value is -1.70. The minimum absolute atomic E-state index is 0.0313. The van der Waals surface area contributed by atoms with Crippen molar-refractivity contribution in [2.24, 2.45) is 23.7 Å². The molecule has 3 rings (SSSR count). The second-order valence-electron chi connectivity index (χ2n) is 13.9. The summed E-state index contributed by atoms with van der Waals surface area (Å²) < 4.78 is 29.2. The summed E-state index contributed by atoms with van der Waals surface area (Å²) in [6.45, 7) is 12.1. The molecule has 3 aliphatic rings. The fourth-order valence-corrected chi connectivity index (χ4v) is 7.11. The van der Waals surface area contributed by atoms with Crippen molar-refractivity contribution in [2.45, 2.75) is 129 Å². The average molecular weight is 668 g/mol. The number of aliphatic hydroxyl groups is 3. The predicted molar refractivity (Wildman–Crippen MR) is 177 cm³/mol. The summed E-state index contributed by atoms with van der Waals surface area (Å²) in [6.07, 6.45) is 3.94. The summed E-state index contributed by atoms with van der Waals surface area (Å²) in [6, 6.07) is 0. The molecule has 0 radical (unpaired) electrons. The summed E-state index contributed by atoms with van der Waals surface area (Å²) in [4.78, 5) is 28.9. The van der Waals surface area contributed by atoms with Gasteiger partial charge in [0.15, 0.2) is 12.1 Å². The fourth-order valence-electron chi connectivity index (χ4n) is 7.11. The standard InChI is InChI=1S/C36H61NO10/c1-8-30-27(21-45-36-35(44-7)34(43-6)33(42)25(5)46-36)18-22(2)12-13-28(38)23(3)19-26(14-17-37-15-10-9-11-16-37)32(41)24(4)29(39)20-31(40)47-30/h12-13,18,23-27,29-30,32-36,39,41-42H,8-11,14-17,19-21H2,1-7H3/b13-12+,22-18+. The lowest BCUT2D eigenvalue weighted by molar-refractivity contribution is -0.304. The number of ether oxygens (including phenoxy) is 5. The number of hydrogen-bond donors (Lipinski definition) is 3. The number of aliphatic hydroxyl groups excluding tert-OH is 3. The quantitative estimate of drug-likeness (QED) is 0.311. The van der Waals surface area contributed by atoms with Crippen LogP contribution in [0.2, 0.25) is 0 Å². The molecule has 0 aliphatic carbocycles. The first-order chi connectivity index (χ1) is 22.4. The van der Waals surface area contributed by atoms with E-state index >= 15 is 0 Å². The molecule has 2 saturated heterocycles. The molecule has 47 heavy (non-hydrogen) atoms. The lowest BCUT2D eigenvalue weighted by Crippen LogP contribution is -2.59. The van der Waals surface area contributed by atoms with Crippen molar-refractivity contribution in [1.82, 2.24) is 4.90 Å². The zero-order valence-corrected chi connectivity index (χ0v) is 29.6. The molecule has 11 heteroatoms. The molecule has 0 saturated carbocycles. The molecule has 0 aromatic heterocycles. The number of methoxy groups -OCH3 is 2. The molecule has 0 spiro atoms. The van der Waals surface area contributed by atoms with Crippen LogP contribution in [0.4, 0.5) is 0 Å². The van der Waals surface area contributed by atoms with E-state index in [-0.39, 0.29) is 30.6 Å². The van der Waals surface area contributed by atoms with Gasteiger partial charge in [-0.2, -0.15) is 0 Å². The highest BCUT2D eigenvalue weighted by atomic mass is 16.7. The molecular formula is C36H61NO10. The van der Waals surface area contributed by atoms with Gasteiger partial charge in [-0.1, -0.05) is 44.9 Å². The van der Waals surface area contributed by atoms with Gasteiger partial charge in [0.2, 0.25) is 0 Å². The second-order valence-corrected chi connectivity index (χ2v) is 13.9. The zero-order valence-electron chi connectivity index (χ0n) is 29.6. The van der Waals surface area contributed by atoms with Crippen molar-refractivity contribution < 1.29 is 48.6 Å². The van der Waals surface area contributed by atoms with Crippen LogP contribution in [0.1, 0.15) is 79.6 Å². The van der Waals surface area contributed by atoms with Crippen LogP contribution in [0, 0.1) is 23.7 Å². The lowest BCUT2D eigenvalue weighted by Gasteiger charge is -2.42. The first kappa shape index (κ1) is 39.7. The molecule has 270 valence electrons. The SMILES string of the molecule is CCC1OC(=O)CC(O)C(C)C(O)C(CCN2CCCCC2)CC(C)C(=O)/C=C/C(C)=C/C1COC1OC(C)C(O)C(OC)C1OC. The number of allylic oxidation sites excluding steroid dienone is 3. The molecule has 2 fully saturated rings. The third kappa shape index (κ3) is 11.4. The van der Waals surface area contributed by atoms with Crippen LogP contribution >= 0.6 is 0 Å². The van der Waals surface area contributed by atoms with Crippen molar-refractivity contribution in [3.05, 3.63) is 23.8 Å². The van der Waals surface area contributed by atoms with E-state index < -0.39 is 66.8 Å². The molecule has 3 heterocycles. The van der Waals surface area contributed by atoms with E-state index in [1.807, 2.05) is 26.8 Å². The van der Waals surface area contributed by atoms with Crippen LogP contribution in [-0.2, 0) is 33.3 Å². The number of piperidine rings is 1. The number of likely N-dealkylation sites (tertiary alicyclic amines) is 1. The average Bonchev–Trinajstić information content (AvgIpc) is 3.06. The molecule has 12 unspecified atom stereocenters. The smallest absolute Gasteiger partial charge is 0.308 e. The highest BCUT2D eigenvalue weighted by Crippen LogP contribution is 2.30. The molecule has 0 bridgehead atoms. The number of rotatable bonds is 9. The predicted octanol–water partition coefficient (Wildman–Crippen LogP) is 3.43. The molecule has 0 amide bonds. The molecule has 12 atom stereocenters. The summed E-state index contributed by atoms with van der Waals surface area (Å²) in [5.41, 5.74) is 0.794. The van der Waals surface area contributed by atoms with Crippen molar-refractivity contribution in [3.8, 4) is 0 Å². The van der Waals surface area contributed by atoms with E-state index in [2.05, 4.69) is 4.90 Å². The number of carbonyl (C=O) groups excluding carboxylic acids is 2. The van der Waals surface area contributed by atoms with Crippen LogP contribution in [0.3, 0.4) is 0 Å². The Morgan fingerprint density at radius 1 is 0.957 bits per heavy atom. The van der Waals surface area contributed by atoms with Gasteiger partial charge in [0.1, 0.15) is 24.4 Å². The second kappa shape index (κ2) is 19.5. The number of hydrogen-bond acceptors (Lipinski definition) is 11. The van der Waals surface area contributed by atoms with Gasteiger partial charge in [-0.15, -0.1) is 0 Å². The summed E-state index contributed by atoms with van der Waals surface area (Å²) in [5, 5.41) is 33.2. The van der Waals surface area contributed by atoms with Gasteiger partial charge < -0.3 is 43.9 Å². The monoisotopic (exact) mass is 667 g/mol. The highest BCUT2D eigenvalue weighted by molar-refractivity contribution is 5.91. The molecule has 3 aliphatic heterocycles. The molecule has 3 N–H and O–H groups in total. The van der Waals surface area contributed by atoms with Gasteiger partial charge >= 0.3 is 5.97 Å². The maximum Gasteiger partial charge on any atom is 0.308 e. The minimum atomic E-state index is -1.12. The normalized spacial score (nSPS) is 40.8. The third-order valence-electron chi connectivity index (χ3n) is 10.3. The molecule has 11 nitrogen and oxygen atoms in total. The Labute approximate surface area is 281 Å². The molecule has 0 aromatic rings. The van der Waals surface area contributed by atoms with Crippen LogP contribution in [0.15, 0.2) is 23.8 Å². The van der Waals surface area contributed by atoms with E-state index in [9.17, 15) is 24.9 Å². The Bertz CT molecular complexity index is 1030. The van der Waals surface area contributed by atoms with Gasteiger partial charge in [-0.05, 0) is 77.6 Å². The number of esters is 1. The Morgan fingerprint density at radius 2 is 1.64 bits per heavy atom. The van der Waals surface area contributed by atoms with E-state index in [1.54, 1.807) is 26.0 Å². The zero-order chi connectivity index (χ0) is 34.7. The topological polar surface area (TPSA) is 144 Å². The van der Waals surface area contributed by atoms with Crippen molar-refractivity contribution in [3.63, 3.8) is 0 Å². The number of nitrogens with zero attached hydrogens (tertiary/aromatic N) is 1. The van der Waals surface area contributed by atoms with Crippen molar-refractivity contribution >= 4 is 11.8 Å². The van der Waals surface area contributed by atoms with Gasteiger partial charge in [-0.3, -0.25) is 9.59 Å². The van der Waals surface area contributed by atoms with E-state index in [1.165, 1.54) is 33.5 Å². The minimum Gasteiger partial charge on any atom is -0.462 e. The Balaban J connectivity index is 1.84. The van der Waals surface area contributed by atoms with Gasteiger partial charge in [0.05, 0.1) is 31.3 Å². The first-order valence-electron chi connectivity index (χ1n) is 17.6. The van der Waals surface area contributed by atoms with Crippen molar-refractivity contribution in [2.75, 3.05) is 40.5 Å². The Morgan fingerprint density at radius 3 is 2.28 bits per heavy atom. The van der Waals surface area contributed by atoms with E-state index in [4.69, 9.17) is 23.7 Å². The maximum absolute atomic E-state index is 13.3. The maximum atomic E-state index is 13.3. The molecular weight excluding hydrogens is 606 g/mol. The lowest BCUT2D eigenvalue weighted by atomic mass is 9.79. The fraction of sp³-hybridized carbons (Fsp3) is 0.833. The summed E-state index contributed by atoms with van der Waals surface area (Å²) in [7, 11) is 2.99. The first-order valence-corrected chi connectivity index (χ1v) is 17.6. The summed E-state index contributed by atoms with van der Waals surface area (Å²) >= 11 is 0. The number of carbonyl (C=O) groups is 2. The number of ketones is 1. The Kier molecular flexibility index (Phi) is 16.5. The van der Waals surface area contributed by atoms with Crippen molar-refractivity contribution in [1.29, 1.82) is 0 Å². The van der Waals surface area contributed by atoms with Crippen LogP contribution in [0.5, 0.6) is 0 Å². The third-order valence-corrected chi connectivity index (χ3v) is 10.3. The van der Waals surface area contributed by atoms with E-state index in [0.717, 1.165) is 25.2 Å². The van der Waals surface area contributed by atoms with Crippen LogP contribution in [-0.4, -0.2) is 121 Å². The summed E-state index contributed by atoms with van der Waals surface area (Å²) in [5.74, 6) is -2.16. The van der Waals surface area contributed by atoms with Crippen LogP contribution < -0.4 is 0 Å². The van der Waals surface area contributed by atoms with Crippen LogP contribution in [0.25, 0.3) is 0 Å². The van der Waals surface area contributed by atoms with E-state index in [0.29, 0.717) is 19.3 Å². The largest absolute Gasteiger partial charge is 0.462 e. The molecule has 0 aromatic carbocycles. The highest BCUT2D eigenvalue weighted by Gasteiger charge is 2.45.